The summed E-state index contributed by atoms with van der Waals surface area (Å²) >= 11 is 0. The van der Waals surface area contributed by atoms with Crippen LogP contribution in [0.25, 0.3) is 0 Å². The van der Waals surface area contributed by atoms with Crippen LogP contribution in [0.4, 0.5) is 8.78 Å². The molecule has 0 saturated carbocycles. The number of ether oxygens (including phenoxy) is 1. The van der Waals surface area contributed by atoms with Crippen LogP contribution in [0, 0.1) is 24.5 Å². The van der Waals surface area contributed by atoms with Gasteiger partial charge in [0.15, 0.2) is 0 Å². The van der Waals surface area contributed by atoms with Crippen molar-refractivity contribution in [2.45, 2.75) is 24.7 Å². The zero-order valence-corrected chi connectivity index (χ0v) is 12.0. The van der Waals surface area contributed by atoms with Gasteiger partial charge in [-0.25, -0.2) is 21.9 Å². The zero-order valence-electron chi connectivity index (χ0n) is 11.2. The van der Waals surface area contributed by atoms with E-state index in [1.54, 1.807) is 0 Å². The summed E-state index contributed by atoms with van der Waals surface area (Å²) in [6, 6.07) is 1.61. The van der Waals surface area contributed by atoms with Crippen molar-refractivity contribution >= 4 is 10.0 Å². The van der Waals surface area contributed by atoms with Gasteiger partial charge < -0.3 is 4.74 Å². The molecule has 0 bridgehead atoms. The highest BCUT2D eigenvalue weighted by molar-refractivity contribution is 7.89. The molecule has 0 amide bonds. The molecule has 0 atom stereocenters. The highest BCUT2D eigenvalue weighted by Crippen LogP contribution is 2.20. The summed E-state index contributed by atoms with van der Waals surface area (Å²) in [5, 5.41) is 0. The molecule has 1 saturated heterocycles. The number of halogens is 2. The molecule has 112 valence electrons. The van der Waals surface area contributed by atoms with Gasteiger partial charge >= 0.3 is 0 Å². The van der Waals surface area contributed by atoms with Gasteiger partial charge in [0.25, 0.3) is 0 Å². The average molecular weight is 305 g/mol. The first-order valence-corrected chi connectivity index (χ1v) is 7.91. The molecule has 1 fully saturated rings. The highest BCUT2D eigenvalue weighted by atomic mass is 32.2. The minimum Gasteiger partial charge on any atom is -0.381 e. The molecule has 0 radical (unpaired) electrons. The van der Waals surface area contributed by atoms with E-state index in [0.29, 0.717) is 13.2 Å². The van der Waals surface area contributed by atoms with E-state index in [2.05, 4.69) is 4.72 Å². The van der Waals surface area contributed by atoms with Crippen molar-refractivity contribution in [2.75, 3.05) is 19.8 Å². The Morgan fingerprint density at radius 1 is 1.25 bits per heavy atom. The fourth-order valence-corrected chi connectivity index (χ4v) is 3.27. The Balaban J connectivity index is 2.11. The van der Waals surface area contributed by atoms with Crippen LogP contribution in [0.3, 0.4) is 0 Å². The van der Waals surface area contributed by atoms with Crippen LogP contribution in [-0.4, -0.2) is 28.2 Å². The second-order valence-electron chi connectivity index (χ2n) is 4.94. The largest absolute Gasteiger partial charge is 0.381 e. The molecule has 7 heteroatoms. The van der Waals surface area contributed by atoms with E-state index in [-0.39, 0.29) is 18.0 Å². The maximum atomic E-state index is 13.7. The molecule has 0 aliphatic carbocycles. The van der Waals surface area contributed by atoms with E-state index in [1.165, 1.54) is 6.92 Å². The van der Waals surface area contributed by atoms with Gasteiger partial charge in [-0.3, -0.25) is 0 Å². The lowest BCUT2D eigenvalue weighted by molar-refractivity contribution is 0.0678. The Hall–Kier alpha value is -1.05. The first-order chi connectivity index (χ1) is 9.40. The number of rotatable bonds is 4. The standard InChI is InChI=1S/C13H17F2NO3S/c1-9-6-12(15)13(7-11(9)14)20(17,18)16-8-10-2-4-19-5-3-10/h6-7,10,16H,2-5,8H2,1H3. The van der Waals surface area contributed by atoms with E-state index in [9.17, 15) is 17.2 Å². The number of sulfonamides is 1. The summed E-state index contributed by atoms with van der Waals surface area (Å²) in [6.07, 6.45) is 1.51. The van der Waals surface area contributed by atoms with Gasteiger partial charge in [0.05, 0.1) is 0 Å². The Morgan fingerprint density at radius 2 is 1.90 bits per heavy atom. The van der Waals surface area contributed by atoms with E-state index < -0.39 is 26.6 Å². The molecule has 1 heterocycles. The molecule has 1 N–H and O–H groups in total. The van der Waals surface area contributed by atoms with Crippen molar-refractivity contribution in [3.05, 3.63) is 29.3 Å². The maximum absolute atomic E-state index is 13.7. The lowest BCUT2D eigenvalue weighted by Crippen LogP contribution is -2.32. The van der Waals surface area contributed by atoms with Crippen molar-refractivity contribution in [3.8, 4) is 0 Å². The third-order valence-electron chi connectivity index (χ3n) is 3.41. The van der Waals surface area contributed by atoms with Crippen molar-refractivity contribution in [1.29, 1.82) is 0 Å². The fourth-order valence-electron chi connectivity index (χ4n) is 2.09. The van der Waals surface area contributed by atoms with Crippen LogP contribution in [-0.2, 0) is 14.8 Å². The first-order valence-electron chi connectivity index (χ1n) is 6.43. The second kappa shape index (κ2) is 6.15. The van der Waals surface area contributed by atoms with Crippen molar-refractivity contribution < 1.29 is 21.9 Å². The van der Waals surface area contributed by atoms with Crippen molar-refractivity contribution in [1.82, 2.24) is 4.72 Å². The molecule has 20 heavy (non-hydrogen) atoms. The molecule has 1 aromatic rings. The first kappa shape index (κ1) is 15.3. The highest BCUT2D eigenvalue weighted by Gasteiger charge is 2.23. The fraction of sp³-hybridized carbons (Fsp3) is 0.538. The molecule has 4 nitrogen and oxygen atoms in total. The monoisotopic (exact) mass is 305 g/mol. The van der Waals surface area contributed by atoms with Crippen LogP contribution < -0.4 is 4.72 Å². The molecule has 1 aromatic carbocycles. The van der Waals surface area contributed by atoms with Gasteiger partial charge in [-0.2, -0.15) is 0 Å². The van der Waals surface area contributed by atoms with Crippen LogP contribution in [0.2, 0.25) is 0 Å². The van der Waals surface area contributed by atoms with Gasteiger partial charge in [-0.1, -0.05) is 0 Å². The molecular weight excluding hydrogens is 288 g/mol. The smallest absolute Gasteiger partial charge is 0.243 e. The summed E-state index contributed by atoms with van der Waals surface area (Å²) in [7, 11) is -4.04. The Bertz CT molecular complexity index is 584. The zero-order chi connectivity index (χ0) is 14.8. The van der Waals surface area contributed by atoms with Crippen LogP contribution >= 0.6 is 0 Å². The van der Waals surface area contributed by atoms with Crippen molar-refractivity contribution in [2.24, 2.45) is 5.92 Å². The molecule has 1 aliphatic rings. The number of nitrogens with one attached hydrogen (secondary N) is 1. The normalized spacial score (nSPS) is 17.4. The number of benzene rings is 1. The lowest BCUT2D eigenvalue weighted by Gasteiger charge is -2.22. The molecular formula is C13H17F2NO3S. The third-order valence-corrected chi connectivity index (χ3v) is 4.84. The van der Waals surface area contributed by atoms with Crippen molar-refractivity contribution in [3.63, 3.8) is 0 Å². The summed E-state index contributed by atoms with van der Waals surface area (Å²) in [4.78, 5) is -0.646. The summed E-state index contributed by atoms with van der Waals surface area (Å²) < 4.78 is 58.6. The van der Waals surface area contributed by atoms with Crippen LogP contribution in [0.5, 0.6) is 0 Å². The molecule has 0 unspecified atom stereocenters. The topological polar surface area (TPSA) is 55.4 Å². The summed E-state index contributed by atoms with van der Waals surface area (Å²) in [6.45, 7) is 2.78. The predicted molar refractivity (Wildman–Crippen MR) is 69.8 cm³/mol. The van der Waals surface area contributed by atoms with Gasteiger partial charge in [-0.15, -0.1) is 0 Å². The minimum absolute atomic E-state index is 0.0749. The summed E-state index contributed by atoms with van der Waals surface area (Å²) in [5.74, 6) is -1.52. The Labute approximate surface area is 117 Å². The van der Waals surface area contributed by atoms with Gasteiger partial charge in [0.2, 0.25) is 10.0 Å². The quantitative estimate of drug-likeness (QED) is 0.925. The van der Waals surface area contributed by atoms with Crippen LogP contribution in [0.15, 0.2) is 17.0 Å². The van der Waals surface area contributed by atoms with Crippen LogP contribution in [0.1, 0.15) is 18.4 Å². The van der Waals surface area contributed by atoms with Gasteiger partial charge in [0, 0.05) is 19.8 Å². The minimum atomic E-state index is -4.04. The van der Waals surface area contributed by atoms with E-state index in [4.69, 9.17) is 4.74 Å². The number of hydrogen-bond acceptors (Lipinski definition) is 3. The van der Waals surface area contributed by atoms with E-state index in [1.807, 2.05) is 0 Å². The molecule has 0 aromatic heterocycles. The average Bonchev–Trinajstić information content (AvgIpc) is 2.42. The van der Waals surface area contributed by atoms with E-state index in [0.717, 1.165) is 25.0 Å². The van der Waals surface area contributed by atoms with Gasteiger partial charge in [0.1, 0.15) is 16.5 Å². The van der Waals surface area contributed by atoms with E-state index >= 15 is 0 Å². The number of hydrogen-bond donors (Lipinski definition) is 1. The lowest BCUT2D eigenvalue weighted by atomic mass is 10.0. The molecule has 2 rings (SSSR count). The Kier molecular flexibility index (Phi) is 4.72. The molecule has 0 spiro atoms. The Morgan fingerprint density at radius 3 is 2.55 bits per heavy atom. The maximum Gasteiger partial charge on any atom is 0.243 e. The number of aryl methyl sites for hydroxylation is 1. The third kappa shape index (κ3) is 3.53. The second-order valence-corrected chi connectivity index (χ2v) is 6.67. The predicted octanol–water partition coefficient (Wildman–Crippen LogP) is 1.98. The molecule has 1 aliphatic heterocycles. The van der Waals surface area contributed by atoms with Gasteiger partial charge in [-0.05, 0) is 43.4 Å². The summed E-state index contributed by atoms with van der Waals surface area (Å²) in [5.41, 5.74) is 0.0749. The SMILES string of the molecule is Cc1cc(F)c(S(=O)(=O)NCC2CCOCC2)cc1F.